The summed E-state index contributed by atoms with van der Waals surface area (Å²) in [5, 5.41) is 12.7. The molecule has 1 unspecified atom stereocenters. The molecule has 0 spiro atoms. The van der Waals surface area contributed by atoms with Gasteiger partial charge in [0.2, 0.25) is 22.2 Å². The Bertz CT molecular complexity index is 1450. The van der Waals surface area contributed by atoms with E-state index in [9.17, 15) is 13.7 Å². The highest BCUT2D eigenvalue weighted by Crippen LogP contribution is 2.32. The SMILES string of the molecule is Cc1ccccc1N/C(=N\C#N)N1CCN(S(=O)(=O)c2ccc(N3CCOCC3)nc2)C(c2ccccc2)C1. The summed E-state index contributed by atoms with van der Waals surface area (Å²) in [5.74, 6) is 1.13. The zero-order valence-electron chi connectivity index (χ0n) is 21.8. The molecular weight excluding hydrogens is 514 g/mol. The monoisotopic (exact) mass is 545 g/mol. The number of nitrogens with one attached hydrogen (secondary N) is 1. The Labute approximate surface area is 229 Å². The number of pyridine rings is 1. The predicted octanol–water partition coefficient (Wildman–Crippen LogP) is 3.22. The molecule has 1 aromatic heterocycles. The van der Waals surface area contributed by atoms with Crippen molar-refractivity contribution in [1.82, 2.24) is 14.2 Å². The van der Waals surface area contributed by atoms with Crippen molar-refractivity contribution in [2.24, 2.45) is 4.99 Å². The van der Waals surface area contributed by atoms with E-state index >= 15 is 0 Å². The van der Waals surface area contributed by atoms with Gasteiger partial charge in [0.1, 0.15) is 10.7 Å². The summed E-state index contributed by atoms with van der Waals surface area (Å²) in [4.78, 5) is 12.7. The first-order valence-corrected chi connectivity index (χ1v) is 14.3. The second-order valence-electron chi connectivity index (χ2n) is 9.42. The first-order valence-electron chi connectivity index (χ1n) is 12.9. The van der Waals surface area contributed by atoms with Crippen molar-refractivity contribution < 1.29 is 13.2 Å². The first kappa shape index (κ1) is 26.6. The minimum atomic E-state index is -3.86. The molecule has 2 saturated heterocycles. The number of piperazine rings is 1. The largest absolute Gasteiger partial charge is 0.378 e. The summed E-state index contributed by atoms with van der Waals surface area (Å²) in [7, 11) is -3.86. The molecule has 0 aliphatic carbocycles. The van der Waals surface area contributed by atoms with Gasteiger partial charge in [-0.2, -0.15) is 9.57 Å². The number of nitrogens with zero attached hydrogens (tertiary/aromatic N) is 6. The van der Waals surface area contributed by atoms with Gasteiger partial charge in [-0.1, -0.05) is 48.5 Å². The van der Waals surface area contributed by atoms with Gasteiger partial charge in [0, 0.05) is 44.6 Å². The molecule has 0 saturated carbocycles. The molecule has 3 aromatic rings. The van der Waals surface area contributed by atoms with E-state index in [4.69, 9.17) is 4.74 Å². The van der Waals surface area contributed by atoms with Crippen LogP contribution in [0.4, 0.5) is 11.5 Å². The zero-order chi connectivity index (χ0) is 27.2. The summed E-state index contributed by atoms with van der Waals surface area (Å²) >= 11 is 0. The second-order valence-corrected chi connectivity index (χ2v) is 11.3. The molecule has 39 heavy (non-hydrogen) atoms. The maximum absolute atomic E-state index is 13.9. The van der Waals surface area contributed by atoms with E-state index in [-0.39, 0.29) is 11.4 Å². The van der Waals surface area contributed by atoms with Crippen molar-refractivity contribution in [1.29, 1.82) is 5.26 Å². The van der Waals surface area contributed by atoms with Crippen LogP contribution in [0.2, 0.25) is 0 Å². The van der Waals surface area contributed by atoms with Crippen LogP contribution in [0.25, 0.3) is 0 Å². The summed E-state index contributed by atoms with van der Waals surface area (Å²) in [6, 6.07) is 20.2. The van der Waals surface area contributed by atoms with Crippen molar-refractivity contribution in [2.45, 2.75) is 17.9 Å². The van der Waals surface area contributed by atoms with Crippen molar-refractivity contribution in [3.05, 3.63) is 84.1 Å². The van der Waals surface area contributed by atoms with Gasteiger partial charge in [-0.15, -0.1) is 4.99 Å². The maximum atomic E-state index is 13.9. The number of anilines is 2. The van der Waals surface area contributed by atoms with Crippen molar-refractivity contribution in [3.63, 3.8) is 0 Å². The van der Waals surface area contributed by atoms with Crippen LogP contribution in [0.1, 0.15) is 17.2 Å². The number of hydrogen-bond acceptors (Lipinski definition) is 7. The average Bonchev–Trinajstić information content (AvgIpc) is 2.98. The molecule has 2 fully saturated rings. The number of morpholine rings is 1. The summed E-state index contributed by atoms with van der Waals surface area (Å²) in [6.07, 6.45) is 3.33. The van der Waals surface area contributed by atoms with Crippen LogP contribution in [0.5, 0.6) is 0 Å². The minimum absolute atomic E-state index is 0.151. The molecule has 5 rings (SSSR count). The standard InChI is InChI=1S/C28H31N7O3S/c1-22-7-5-6-10-25(22)32-28(31-21-29)34-13-14-35(26(20-34)23-8-3-2-4-9-23)39(36,37)24-11-12-27(30-19-24)33-15-17-38-18-16-33/h2-12,19,26H,13-18,20H2,1H3,(H,31,32). The van der Waals surface area contributed by atoms with Gasteiger partial charge >= 0.3 is 0 Å². The number of guanidine groups is 1. The Balaban J connectivity index is 1.42. The fourth-order valence-electron chi connectivity index (χ4n) is 4.89. The van der Waals surface area contributed by atoms with E-state index in [2.05, 4.69) is 20.2 Å². The van der Waals surface area contributed by atoms with Gasteiger partial charge in [0.15, 0.2) is 0 Å². The van der Waals surface area contributed by atoms with E-state index in [1.54, 1.807) is 12.1 Å². The second kappa shape index (κ2) is 11.8. The molecule has 0 bridgehead atoms. The Morgan fingerprint density at radius 3 is 2.46 bits per heavy atom. The Kier molecular flexibility index (Phi) is 8.07. The van der Waals surface area contributed by atoms with Crippen LogP contribution in [-0.2, 0) is 14.8 Å². The van der Waals surface area contributed by atoms with Crippen molar-refractivity contribution in [3.8, 4) is 6.19 Å². The van der Waals surface area contributed by atoms with Gasteiger partial charge < -0.3 is 19.9 Å². The lowest BCUT2D eigenvalue weighted by atomic mass is 10.0. The molecule has 202 valence electrons. The summed E-state index contributed by atoms with van der Waals surface area (Å²) in [6.45, 7) is 5.57. The van der Waals surface area contributed by atoms with Crippen LogP contribution < -0.4 is 10.2 Å². The molecule has 2 aliphatic rings. The average molecular weight is 546 g/mol. The lowest BCUT2D eigenvalue weighted by molar-refractivity contribution is 0.122. The van der Waals surface area contributed by atoms with Crippen LogP contribution >= 0.6 is 0 Å². The number of sulfonamides is 1. The van der Waals surface area contributed by atoms with Gasteiger partial charge in [0.25, 0.3) is 0 Å². The molecule has 0 radical (unpaired) electrons. The number of aromatic nitrogens is 1. The number of nitriles is 1. The van der Waals surface area contributed by atoms with E-state index < -0.39 is 16.1 Å². The number of ether oxygens (including phenoxy) is 1. The Hall–Kier alpha value is -3.98. The third kappa shape index (κ3) is 5.88. The number of rotatable bonds is 5. The van der Waals surface area contributed by atoms with Gasteiger partial charge in [-0.25, -0.2) is 13.4 Å². The fourth-order valence-corrected chi connectivity index (χ4v) is 6.43. The number of aryl methyl sites for hydroxylation is 1. The quantitative estimate of drug-likeness (QED) is 0.295. The topological polar surface area (TPSA) is 114 Å². The van der Waals surface area contributed by atoms with Crippen molar-refractivity contribution in [2.75, 3.05) is 56.2 Å². The normalized spacial score (nSPS) is 19.0. The predicted molar refractivity (Wildman–Crippen MR) is 150 cm³/mol. The highest BCUT2D eigenvalue weighted by Gasteiger charge is 2.38. The van der Waals surface area contributed by atoms with E-state index in [0.717, 1.165) is 35.7 Å². The maximum Gasteiger partial charge on any atom is 0.245 e. The van der Waals surface area contributed by atoms with E-state index in [1.165, 1.54) is 10.5 Å². The number of benzene rings is 2. The fraction of sp³-hybridized carbons (Fsp3) is 0.321. The molecule has 3 heterocycles. The third-order valence-electron chi connectivity index (χ3n) is 7.02. The molecule has 11 heteroatoms. The summed E-state index contributed by atoms with van der Waals surface area (Å²) in [5.41, 5.74) is 2.71. The Morgan fingerprint density at radius 1 is 1.03 bits per heavy atom. The summed E-state index contributed by atoms with van der Waals surface area (Å²) < 4.78 is 34.8. The first-order chi connectivity index (χ1) is 19.0. The minimum Gasteiger partial charge on any atom is -0.378 e. The van der Waals surface area contributed by atoms with Gasteiger partial charge in [0.05, 0.1) is 19.3 Å². The lowest BCUT2D eigenvalue weighted by Gasteiger charge is -2.41. The van der Waals surface area contributed by atoms with Crippen LogP contribution in [-0.4, -0.2) is 74.5 Å². The molecular formula is C28H31N7O3S. The molecule has 0 amide bonds. The van der Waals surface area contributed by atoms with Crippen molar-refractivity contribution >= 4 is 27.5 Å². The number of hydrogen-bond donors (Lipinski definition) is 1. The van der Waals surface area contributed by atoms with Gasteiger partial charge in [-0.3, -0.25) is 0 Å². The van der Waals surface area contributed by atoms with E-state index in [1.807, 2.05) is 72.6 Å². The molecule has 1 atom stereocenters. The smallest absolute Gasteiger partial charge is 0.245 e. The number of para-hydroxylation sites is 1. The Morgan fingerprint density at radius 2 is 1.77 bits per heavy atom. The zero-order valence-corrected chi connectivity index (χ0v) is 22.6. The molecule has 2 aliphatic heterocycles. The van der Waals surface area contributed by atoms with E-state index in [0.29, 0.717) is 32.3 Å². The van der Waals surface area contributed by atoms with Crippen LogP contribution in [0.15, 0.2) is 82.8 Å². The molecule has 1 N–H and O–H groups in total. The molecule has 2 aromatic carbocycles. The highest BCUT2D eigenvalue weighted by molar-refractivity contribution is 7.89. The lowest BCUT2D eigenvalue weighted by Crippen LogP contribution is -2.53. The van der Waals surface area contributed by atoms with Gasteiger partial charge in [-0.05, 0) is 36.2 Å². The van der Waals surface area contributed by atoms with Crippen LogP contribution in [0, 0.1) is 18.4 Å². The third-order valence-corrected chi connectivity index (χ3v) is 8.92. The van der Waals surface area contributed by atoms with Crippen LogP contribution in [0.3, 0.4) is 0 Å². The highest BCUT2D eigenvalue weighted by atomic mass is 32.2. The number of aliphatic imine (C=N–C) groups is 1. The molecule has 10 nitrogen and oxygen atoms in total.